The summed E-state index contributed by atoms with van der Waals surface area (Å²) in [6.07, 6.45) is 8.42. The van der Waals surface area contributed by atoms with E-state index < -0.39 is 0 Å². The van der Waals surface area contributed by atoms with E-state index in [0.29, 0.717) is 12.1 Å². The summed E-state index contributed by atoms with van der Waals surface area (Å²) in [6, 6.07) is 12.8. The Hall–Kier alpha value is -4.46. The number of benzene rings is 2. The van der Waals surface area contributed by atoms with Gasteiger partial charge < -0.3 is 14.4 Å². The van der Waals surface area contributed by atoms with Gasteiger partial charge in [0.2, 0.25) is 5.95 Å². The maximum absolute atomic E-state index is 13.2. The zero-order chi connectivity index (χ0) is 28.8. The molecule has 1 aliphatic heterocycles. The van der Waals surface area contributed by atoms with Crippen molar-refractivity contribution < 1.29 is 4.79 Å². The number of aromatic nitrogens is 5. The van der Waals surface area contributed by atoms with Gasteiger partial charge in [0.1, 0.15) is 0 Å². The highest BCUT2D eigenvalue weighted by Gasteiger charge is 2.30. The Bertz CT molecular complexity index is 1740. The van der Waals surface area contributed by atoms with Crippen LogP contribution in [0.25, 0.3) is 27.8 Å². The summed E-state index contributed by atoms with van der Waals surface area (Å²) in [7, 11) is 5.60. The molecule has 210 valence electrons. The van der Waals surface area contributed by atoms with Gasteiger partial charge in [-0.2, -0.15) is 5.10 Å². The lowest BCUT2D eigenvalue weighted by Crippen LogP contribution is -2.31. The molecule has 0 fully saturated rings. The fourth-order valence-corrected chi connectivity index (χ4v) is 6.06. The molecular formula is C33H37N7O. The zero-order valence-corrected chi connectivity index (χ0v) is 24.8. The Morgan fingerprint density at radius 2 is 1.71 bits per heavy atom. The van der Waals surface area contributed by atoms with Crippen LogP contribution in [-0.4, -0.2) is 55.8 Å². The number of fused-ring (bicyclic) bond motifs is 2. The highest BCUT2D eigenvalue weighted by atomic mass is 16.2. The molecule has 0 aliphatic carbocycles. The fraction of sp³-hybridized carbons (Fsp3) is 0.333. The Morgan fingerprint density at radius 3 is 2.37 bits per heavy atom. The van der Waals surface area contributed by atoms with E-state index >= 15 is 0 Å². The molecule has 0 saturated carbocycles. The number of aryl methyl sites for hydroxylation is 4. The van der Waals surface area contributed by atoms with Gasteiger partial charge in [-0.15, -0.1) is 0 Å². The van der Waals surface area contributed by atoms with Gasteiger partial charge in [0, 0.05) is 75.8 Å². The maximum atomic E-state index is 13.2. The predicted molar refractivity (Wildman–Crippen MR) is 164 cm³/mol. The molecule has 0 radical (unpaired) electrons. The Balaban J connectivity index is 1.63. The van der Waals surface area contributed by atoms with Crippen molar-refractivity contribution in [1.82, 2.24) is 29.2 Å². The van der Waals surface area contributed by atoms with Crippen molar-refractivity contribution in [3.63, 3.8) is 0 Å². The van der Waals surface area contributed by atoms with Gasteiger partial charge in [-0.1, -0.05) is 38.1 Å². The van der Waals surface area contributed by atoms with Crippen molar-refractivity contribution in [3.8, 4) is 16.9 Å². The Morgan fingerprint density at radius 1 is 1.00 bits per heavy atom. The van der Waals surface area contributed by atoms with E-state index in [9.17, 15) is 4.79 Å². The summed E-state index contributed by atoms with van der Waals surface area (Å²) in [5, 5.41) is 6.36. The number of hydrogen-bond donors (Lipinski definition) is 0. The first-order chi connectivity index (χ1) is 19.8. The van der Waals surface area contributed by atoms with E-state index in [1.165, 1.54) is 16.7 Å². The lowest BCUT2D eigenvalue weighted by molar-refractivity contribution is 0.0829. The molecule has 41 heavy (non-hydrogen) atoms. The normalized spacial score (nSPS) is 13.1. The average Bonchev–Trinajstić information content (AvgIpc) is 3.56. The average molecular weight is 548 g/mol. The van der Waals surface area contributed by atoms with Gasteiger partial charge in [-0.3, -0.25) is 4.79 Å². The summed E-state index contributed by atoms with van der Waals surface area (Å²) in [4.78, 5) is 26.4. The zero-order valence-electron chi connectivity index (χ0n) is 24.8. The second kappa shape index (κ2) is 10.5. The van der Waals surface area contributed by atoms with Crippen LogP contribution in [0.3, 0.4) is 0 Å². The number of nitrogens with zero attached hydrogens (tertiary/aromatic N) is 7. The number of anilines is 1. The first-order valence-electron chi connectivity index (χ1n) is 14.4. The Labute approximate surface area is 241 Å². The monoisotopic (exact) mass is 547 g/mol. The predicted octanol–water partition coefficient (Wildman–Crippen LogP) is 5.52. The molecule has 0 atom stereocenters. The van der Waals surface area contributed by atoms with Crippen molar-refractivity contribution in [2.45, 2.75) is 46.6 Å². The van der Waals surface area contributed by atoms with Crippen molar-refractivity contribution in [2.75, 3.05) is 25.5 Å². The van der Waals surface area contributed by atoms with Gasteiger partial charge in [0.25, 0.3) is 5.91 Å². The SMILES string of the molecule is CCc1cccc(CC)c1-n1nc2c(c1-c1ccc(C(=O)N(C)C)c3c1ccn3C)CN(c1ncc(C)cn1)CC2. The highest BCUT2D eigenvalue weighted by molar-refractivity contribution is 6.10. The molecule has 8 nitrogen and oxygen atoms in total. The number of amides is 1. The summed E-state index contributed by atoms with van der Waals surface area (Å²) in [5.74, 6) is 0.728. The topological polar surface area (TPSA) is 72.1 Å². The number of para-hydroxylation sites is 1. The third-order valence-corrected chi connectivity index (χ3v) is 8.19. The highest BCUT2D eigenvalue weighted by Crippen LogP contribution is 2.40. The summed E-state index contributed by atoms with van der Waals surface area (Å²) >= 11 is 0. The van der Waals surface area contributed by atoms with Crippen LogP contribution in [0.4, 0.5) is 5.95 Å². The standard InChI is InChI=1S/C33H37N7O/c1-7-22-10-9-11-23(8-2)29(22)40-31(24-12-13-26(32(41)37(4)5)30-25(24)14-16-38(30)6)27-20-39(17-15-28(27)36-40)33-34-18-21(3)19-35-33/h9-14,16,18-19H,7-8,15,17,20H2,1-6H3. The molecule has 0 bridgehead atoms. The summed E-state index contributed by atoms with van der Waals surface area (Å²) in [6.45, 7) is 7.88. The second-order valence-corrected chi connectivity index (χ2v) is 11.1. The first-order valence-corrected chi connectivity index (χ1v) is 14.4. The van der Waals surface area contributed by atoms with E-state index in [4.69, 9.17) is 5.10 Å². The third kappa shape index (κ3) is 4.47. The molecule has 1 amide bonds. The molecule has 5 aromatic rings. The van der Waals surface area contributed by atoms with Crippen molar-refractivity contribution >= 4 is 22.8 Å². The minimum atomic E-state index is -0.00817. The van der Waals surface area contributed by atoms with Crippen LogP contribution in [0.1, 0.15) is 52.2 Å². The van der Waals surface area contributed by atoms with Gasteiger partial charge in [-0.25, -0.2) is 14.6 Å². The molecule has 0 spiro atoms. The first kappa shape index (κ1) is 26.7. The number of carbonyl (C=O) groups excluding carboxylic acids is 1. The minimum Gasteiger partial charge on any atom is -0.350 e. The number of carbonyl (C=O) groups is 1. The van der Waals surface area contributed by atoms with Crippen LogP contribution in [0.15, 0.2) is 55.0 Å². The van der Waals surface area contributed by atoms with Gasteiger partial charge in [0.15, 0.2) is 0 Å². The lowest BCUT2D eigenvalue weighted by Gasteiger charge is -2.27. The lowest BCUT2D eigenvalue weighted by atomic mass is 9.96. The molecule has 3 aromatic heterocycles. The molecule has 0 N–H and O–H groups in total. The van der Waals surface area contributed by atoms with Crippen molar-refractivity contribution in [2.24, 2.45) is 7.05 Å². The molecule has 6 rings (SSSR count). The quantitative estimate of drug-likeness (QED) is 0.280. The molecule has 8 heteroatoms. The van der Waals surface area contributed by atoms with E-state index in [-0.39, 0.29) is 5.91 Å². The van der Waals surface area contributed by atoms with Crippen molar-refractivity contribution in [3.05, 3.63) is 88.5 Å². The van der Waals surface area contributed by atoms with Crippen LogP contribution in [0.2, 0.25) is 0 Å². The molecule has 4 heterocycles. The largest absolute Gasteiger partial charge is 0.350 e. The molecule has 2 aromatic carbocycles. The van der Waals surface area contributed by atoms with E-state index in [1.54, 1.807) is 19.0 Å². The van der Waals surface area contributed by atoms with Crippen LogP contribution in [-0.2, 0) is 32.9 Å². The van der Waals surface area contributed by atoms with Crippen LogP contribution >= 0.6 is 0 Å². The van der Waals surface area contributed by atoms with E-state index in [1.807, 2.05) is 43.2 Å². The van der Waals surface area contributed by atoms with Gasteiger partial charge in [0.05, 0.1) is 28.2 Å². The number of hydrogen-bond acceptors (Lipinski definition) is 5. The fourth-order valence-electron chi connectivity index (χ4n) is 6.06. The van der Waals surface area contributed by atoms with E-state index in [2.05, 4.69) is 63.7 Å². The maximum Gasteiger partial charge on any atom is 0.255 e. The number of rotatable bonds is 6. The van der Waals surface area contributed by atoms with Gasteiger partial charge in [-0.05, 0) is 48.6 Å². The van der Waals surface area contributed by atoms with Crippen LogP contribution in [0.5, 0.6) is 0 Å². The van der Waals surface area contributed by atoms with Crippen LogP contribution in [0, 0.1) is 6.92 Å². The van der Waals surface area contributed by atoms with Gasteiger partial charge >= 0.3 is 0 Å². The molecule has 0 saturated heterocycles. The third-order valence-electron chi connectivity index (χ3n) is 8.19. The second-order valence-electron chi connectivity index (χ2n) is 11.1. The van der Waals surface area contributed by atoms with E-state index in [0.717, 1.165) is 70.9 Å². The molecule has 1 aliphatic rings. The summed E-state index contributed by atoms with van der Waals surface area (Å²) < 4.78 is 4.24. The molecular weight excluding hydrogens is 510 g/mol. The Kier molecular flexibility index (Phi) is 6.85. The van der Waals surface area contributed by atoms with Crippen molar-refractivity contribution in [1.29, 1.82) is 0 Å². The molecule has 0 unspecified atom stereocenters. The smallest absolute Gasteiger partial charge is 0.255 e. The summed E-state index contributed by atoms with van der Waals surface area (Å²) in [5.41, 5.74) is 10.8. The van der Waals surface area contributed by atoms with Crippen LogP contribution < -0.4 is 4.90 Å². The minimum absolute atomic E-state index is 0.00817.